The van der Waals surface area contributed by atoms with Crippen LogP contribution in [0, 0.1) is 5.92 Å². The van der Waals surface area contributed by atoms with Crippen LogP contribution in [0.2, 0.25) is 0 Å². The summed E-state index contributed by atoms with van der Waals surface area (Å²) in [4.78, 5) is 14.4. The molecule has 0 radical (unpaired) electrons. The van der Waals surface area contributed by atoms with E-state index >= 15 is 0 Å². The third kappa shape index (κ3) is 3.90. The molecule has 17 heavy (non-hydrogen) atoms. The lowest BCUT2D eigenvalue weighted by Crippen LogP contribution is -2.46. The van der Waals surface area contributed by atoms with E-state index in [2.05, 4.69) is 25.7 Å². The molecule has 0 aromatic carbocycles. The quantitative estimate of drug-likeness (QED) is 0.771. The predicted octanol–water partition coefficient (Wildman–Crippen LogP) is 3.31. The molecule has 0 aromatic heterocycles. The molecule has 1 amide bonds. The second-order valence-corrected chi connectivity index (χ2v) is 8.23. The van der Waals surface area contributed by atoms with Crippen molar-refractivity contribution in [3.05, 3.63) is 0 Å². The molecule has 1 aliphatic heterocycles. The van der Waals surface area contributed by atoms with Gasteiger partial charge in [0.25, 0.3) is 0 Å². The molecule has 3 heteroatoms. The lowest BCUT2D eigenvalue weighted by molar-refractivity contribution is -0.135. The summed E-state index contributed by atoms with van der Waals surface area (Å²) in [6.07, 6.45) is 5.98. The fraction of sp³-hybridized carbons (Fsp3) is 0.929. The summed E-state index contributed by atoms with van der Waals surface area (Å²) in [7, 11) is 0. The highest BCUT2D eigenvalue weighted by molar-refractivity contribution is 8.00. The topological polar surface area (TPSA) is 20.3 Å². The summed E-state index contributed by atoms with van der Waals surface area (Å²) in [6.45, 7) is 7.78. The van der Waals surface area contributed by atoms with Crippen LogP contribution in [0.4, 0.5) is 0 Å². The molecule has 0 bridgehead atoms. The zero-order valence-corrected chi connectivity index (χ0v) is 12.2. The van der Waals surface area contributed by atoms with Gasteiger partial charge < -0.3 is 4.90 Å². The van der Waals surface area contributed by atoms with E-state index in [1.807, 2.05) is 11.8 Å². The first-order valence-electron chi connectivity index (χ1n) is 6.92. The zero-order chi connectivity index (χ0) is 12.5. The predicted molar refractivity (Wildman–Crippen MR) is 74.3 cm³/mol. The maximum absolute atomic E-state index is 12.2. The molecule has 2 nitrogen and oxygen atoms in total. The molecule has 0 spiro atoms. The van der Waals surface area contributed by atoms with Crippen LogP contribution < -0.4 is 0 Å². The van der Waals surface area contributed by atoms with E-state index in [9.17, 15) is 4.79 Å². The van der Waals surface area contributed by atoms with Gasteiger partial charge in [0.15, 0.2) is 0 Å². The minimum absolute atomic E-state index is 0.311. The van der Waals surface area contributed by atoms with E-state index in [-0.39, 0.29) is 0 Å². The minimum Gasteiger partial charge on any atom is -0.339 e. The summed E-state index contributed by atoms with van der Waals surface area (Å²) in [5, 5.41) is 0. The number of carbonyl (C=O) groups is 1. The van der Waals surface area contributed by atoms with Crippen molar-refractivity contribution in [3.8, 4) is 0 Å². The average molecular weight is 255 g/mol. The first kappa shape index (κ1) is 13.3. The number of rotatable bonds is 3. The van der Waals surface area contributed by atoms with Crippen molar-refractivity contribution in [2.24, 2.45) is 5.92 Å². The van der Waals surface area contributed by atoms with E-state index in [0.717, 1.165) is 25.1 Å². The number of thioether (sulfide) groups is 1. The summed E-state index contributed by atoms with van der Waals surface area (Å²) >= 11 is 2.00. The third-order valence-electron chi connectivity index (χ3n) is 3.55. The Labute approximate surface area is 110 Å². The van der Waals surface area contributed by atoms with Crippen LogP contribution in [-0.2, 0) is 4.79 Å². The highest BCUT2D eigenvalue weighted by atomic mass is 32.2. The van der Waals surface area contributed by atoms with Gasteiger partial charge in [-0.05, 0) is 32.1 Å². The van der Waals surface area contributed by atoms with Crippen LogP contribution in [0.1, 0.15) is 52.9 Å². The third-order valence-corrected chi connectivity index (χ3v) is 4.96. The summed E-state index contributed by atoms with van der Waals surface area (Å²) in [5.74, 6) is 1.95. The highest BCUT2D eigenvalue weighted by Crippen LogP contribution is 2.35. The van der Waals surface area contributed by atoms with Crippen LogP contribution in [0.3, 0.4) is 0 Å². The van der Waals surface area contributed by atoms with Gasteiger partial charge in [-0.3, -0.25) is 4.79 Å². The highest BCUT2D eigenvalue weighted by Gasteiger charge is 2.37. The molecule has 0 unspecified atom stereocenters. The standard InChI is InChI=1S/C14H25NOS/c1-14(2,3)17-10-12-6-4-5-9-15(12)13(16)11-7-8-11/h11-12H,4-10H2,1-3H3/t12-/m0/s1. The second kappa shape index (κ2) is 5.21. The summed E-state index contributed by atoms with van der Waals surface area (Å²) < 4.78 is 0.311. The maximum atomic E-state index is 12.2. The summed E-state index contributed by atoms with van der Waals surface area (Å²) in [6, 6.07) is 0.501. The van der Waals surface area contributed by atoms with Gasteiger partial charge in [-0.15, -0.1) is 0 Å². The van der Waals surface area contributed by atoms with Crippen molar-refractivity contribution in [2.45, 2.75) is 63.7 Å². The fourth-order valence-corrected chi connectivity index (χ4v) is 3.41. The van der Waals surface area contributed by atoms with Gasteiger partial charge in [0.1, 0.15) is 0 Å². The molecule has 2 fully saturated rings. The van der Waals surface area contributed by atoms with E-state index in [1.165, 1.54) is 19.3 Å². The van der Waals surface area contributed by atoms with Gasteiger partial charge in [0, 0.05) is 29.0 Å². The first-order valence-corrected chi connectivity index (χ1v) is 7.90. The Morgan fingerprint density at radius 3 is 2.53 bits per heavy atom. The van der Waals surface area contributed by atoms with E-state index in [4.69, 9.17) is 0 Å². The zero-order valence-electron chi connectivity index (χ0n) is 11.4. The summed E-state index contributed by atoms with van der Waals surface area (Å²) in [5.41, 5.74) is 0. The number of nitrogens with zero attached hydrogens (tertiary/aromatic N) is 1. The fourth-order valence-electron chi connectivity index (χ4n) is 2.37. The molecule has 1 atom stereocenters. The average Bonchev–Trinajstić information content (AvgIpc) is 3.08. The monoisotopic (exact) mass is 255 g/mol. The number of hydrogen-bond donors (Lipinski definition) is 0. The molecule has 1 saturated carbocycles. The number of carbonyl (C=O) groups excluding carboxylic acids is 1. The first-order chi connectivity index (χ1) is 7.97. The van der Waals surface area contributed by atoms with Crippen LogP contribution in [0.15, 0.2) is 0 Å². The number of hydrogen-bond acceptors (Lipinski definition) is 2. The molecule has 1 aliphatic carbocycles. The molecule has 0 aromatic rings. The molecule has 2 aliphatic rings. The number of piperidine rings is 1. The lowest BCUT2D eigenvalue weighted by atomic mass is 10.0. The van der Waals surface area contributed by atoms with E-state index in [1.54, 1.807) is 0 Å². The van der Waals surface area contributed by atoms with Crippen LogP contribution in [0.25, 0.3) is 0 Å². The van der Waals surface area contributed by atoms with Gasteiger partial charge in [-0.1, -0.05) is 20.8 Å². The molecular formula is C14H25NOS. The van der Waals surface area contributed by atoms with Gasteiger partial charge in [0.2, 0.25) is 5.91 Å². The van der Waals surface area contributed by atoms with Crippen molar-refractivity contribution in [2.75, 3.05) is 12.3 Å². The van der Waals surface area contributed by atoms with Gasteiger partial charge in [-0.25, -0.2) is 0 Å². The molecule has 2 rings (SSSR count). The van der Waals surface area contributed by atoms with Crippen LogP contribution in [0.5, 0.6) is 0 Å². The Kier molecular flexibility index (Phi) is 4.06. The van der Waals surface area contributed by atoms with Crippen LogP contribution in [-0.4, -0.2) is 33.9 Å². The molecule has 1 saturated heterocycles. The minimum atomic E-state index is 0.311. The van der Waals surface area contributed by atoms with E-state index in [0.29, 0.717) is 22.6 Å². The van der Waals surface area contributed by atoms with E-state index < -0.39 is 0 Å². The Balaban J connectivity index is 1.89. The van der Waals surface area contributed by atoms with Crippen LogP contribution >= 0.6 is 11.8 Å². The van der Waals surface area contributed by atoms with Gasteiger partial charge >= 0.3 is 0 Å². The SMILES string of the molecule is CC(C)(C)SC[C@@H]1CCCCN1C(=O)C1CC1. The Bertz CT molecular complexity index is 280. The lowest BCUT2D eigenvalue weighted by Gasteiger charge is -2.37. The van der Waals surface area contributed by atoms with Gasteiger partial charge in [0.05, 0.1) is 0 Å². The second-order valence-electron chi connectivity index (χ2n) is 6.38. The molecule has 1 heterocycles. The molecular weight excluding hydrogens is 230 g/mol. The normalized spacial score (nSPS) is 26.1. The molecule has 0 N–H and O–H groups in total. The number of likely N-dealkylation sites (tertiary alicyclic amines) is 1. The number of amides is 1. The molecule has 98 valence electrons. The van der Waals surface area contributed by atoms with Crippen molar-refractivity contribution in [1.82, 2.24) is 4.90 Å². The Morgan fingerprint density at radius 2 is 1.94 bits per heavy atom. The van der Waals surface area contributed by atoms with Crippen molar-refractivity contribution < 1.29 is 4.79 Å². The smallest absolute Gasteiger partial charge is 0.225 e. The Hall–Kier alpha value is -0.180. The van der Waals surface area contributed by atoms with Crippen molar-refractivity contribution >= 4 is 17.7 Å². The largest absolute Gasteiger partial charge is 0.339 e. The van der Waals surface area contributed by atoms with Crippen molar-refractivity contribution in [3.63, 3.8) is 0 Å². The Morgan fingerprint density at radius 1 is 1.24 bits per heavy atom. The maximum Gasteiger partial charge on any atom is 0.225 e. The van der Waals surface area contributed by atoms with Crippen molar-refractivity contribution in [1.29, 1.82) is 0 Å². The van der Waals surface area contributed by atoms with Gasteiger partial charge in [-0.2, -0.15) is 11.8 Å².